The monoisotopic (exact) mass is 310 g/mol. The van der Waals surface area contributed by atoms with Crippen LogP contribution < -0.4 is 5.32 Å². The van der Waals surface area contributed by atoms with Crippen molar-refractivity contribution >= 4 is 22.4 Å². The summed E-state index contributed by atoms with van der Waals surface area (Å²) < 4.78 is 1.88. The second kappa shape index (κ2) is 5.38. The quantitative estimate of drug-likeness (QED) is 0.803. The van der Waals surface area contributed by atoms with Crippen molar-refractivity contribution in [2.75, 3.05) is 5.32 Å². The van der Waals surface area contributed by atoms with E-state index in [9.17, 15) is 4.79 Å². The molecule has 6 heteroatoms. The standard InChI is InChI=1S/C16H14N4OS/c21-15(19-16-17-8-9-22-16)13-10-18-20(14(13)11-6-7-11)12-4-2-1-3-5-12/h1-5,8-11H,6-7H2,(H,17,19,21). The maximum Gasteiger partial charge on any atom is 0.260 e. The van der Waals surface area contributed by atoms with Gasteiger partial charge in [-0.15, -0.1) is 11.3 Å². The zero-order chi connectivity index (χ0) is 14.9. The number of carbonyl (C=O) groups is 1. The summed E-state index contributed by atoms with van der Waals surface area (Å²) in [5.41, 5.74) is 2.62. The van der Waals surface area contributed by atoms with E-state index in [1.807, 2.05) is 40.4 Å². The molecule has 0 saturated heterocycles. The molecule has 22 heavy (non-hydrogen) atoms. The van der Waals surface area contributed by atoms with Crippen LogP contribution in [0.25, 0.3) is 5.69 Å². The average molecular weight is 310 g/mol. The Balaban J connectivity index is 1.71. The van der Waals surface area contributed by atoms with Crippen molar-refractivity contribution in [3.63, 3.8) is 0 Å². The first-order chi connectivity index (χ1) is 10.8. The van der Waals surface area contributed by atoms with Crippen LogP contribution in [0, 0.1) is 0 Å². The van der Waals surface area contributed by atoms with E-state index in [0.29, 0.717) is 16.6 Å². The van der Waals surface area contributed by atoms with Gasteiger partial charge in [0.1, 0.15) is 0 Å². The van der Waals surface area contributed by atoms with E-state index in [-0.39, 0.29) is 5.91 Å². The summed E-state index contributed by atoms with van der Waals surface area (Å²) in [6.45, 7) is 0. The highest BCUT2D eigenvalue weighted by molar-refractivity contribution is 7.13. The largest absolute Gasteiger partial charge is 0.298 e. The summed E-state index contributed by atoms with van der Waals surface area (Å²) in [4.78, 5) is 16.6. The van der Waals surface area contributed by atoms with Crippen LogP contribution in [0.4, 0.5) is 5.13 Å². The molecule has 3 aromatic rings. The number of amides is 1. The minimum absolute atomic E-state index is 0.140. The molecule has 2 heterocycles. The predicted octanol–water partition coefficient (Wildman–Crippen LogP) is 3.46. The lowest BCUT2D eigenvalue weighted by Crippen LogP contribution is -2.14. The first-order valence-electron chi connectivity index (χ1n) is 7.17. The van der Waals surface area contributed by atoms with Crippen LogP contribution in [-0.4, -0.2) is 20.7 Å². The van der Waals surface area contributed by atoms with Crippen molar-refractivity contribution in [1.29, 1.82) is 0 Å². The second-order valence-electron chi connectivity index (χ2n) is 5.26. The van der Waals surface area contributed by atoms with Gasteiger partial charge in [-0.25, -0.2) is 9.67 Å². The minimum atomic E-state index is -0.140. The number of hydrogen-bond acceptors (Lipinski definition) is 4. The number of carbonyl (C=O) groups excluding carboxylic acids is 1. The molecule has 1 saturated carbocycles. The molecule has 0 aliphatic heterocycles. The summed E-state index contributed by atoms with van der Waals surface area (Å²) in [5.74, 6) is 0.277. The molecule has 110 valence electrons. The fourth-order valence-electron chi connectivity index (χ4n) is 2.51. The van der Waals surface area contributed by atoms with Crippen molar-refractivity contribution in [3.8, 4) is 5.69 Å². The Bertz CT molecular complexity index is 791. The number of nitrogens with zero attached hydrogens (tertiary/aromatic N) is 3. The van der Waals surface area contributed by atoms with Gasteiger partial charge in [0, 0.05) is 17.5 Å². The van der Waals surface area contributed by atoms with Gasteiger partial charge in [-0.1, -0.05) is 18.2 Å². The Morgan fingerprint density at radius 1 is 1.27 bits per heavy atom. The smallest absolute Gasteiger partial charge is 0.260 e. The van der Waals surface area contributed by atoms with Gasteiger partial charge in [-0.05, 0) is 25.0 Å². The normalized spacial score (nSPS) is 14.0. The Morgan fingerprint density at radius 2 is 2.09 bits per heavy atom. The number of thiazole rings is 1. The number of aromatic nitrogens is 3. The number of rotatable bonds is 4. The molecular weight excluding hydrogens is 296 g/mol. The van der Waals surface area contributed by atoms with Crippen molar-refractivity contribution in [2.45, 2.75) is 18.8 Å². The SMILES string of the molecule is O=C(Nc1nccs1)c1cnn(-c2ccccc2)c1C1CC1. The summed E-state index contributed by atoms with van der Waals surface area (Å²) in [6, 6.07) is 9.93. The number of benzene rings is 1. The third kappa shape index (κ3) is 2.42. The van der Waals surface area contributed by atoms with Crippen LogP contribution in [-0.2, 0) is 0 Å². The molecule has 0 bridgehead atoms. The lowest BCUT2D eigenvalue weighted by atomic mass is 10.1. The Morgan fingerprint density at radius 3 is 2.77 bits per heavy atom. The summed E-state index contributed by atoms with van der Waals surface area (Å²) in [5, 5.41) is 9.73. The number of anilines is 1. The molecule has 0 atom stereocenters. The molecule has 1 aliphatic carbocycles. The minimum Gasteiger partial charge on any atom is -0.298 e. The van der Waals surface area contributed by atoms with E-state index in [4.69, 9.17) is 0 Å². The summed E-state index contributed by atoms with van der Waals surface area (Å²) >= 11 is 1.41. The van der Waals surface area contributed by atoms with Crippen LogP contribution in [0.1, 0.15) is 34.8 Å². The van der Waals surface area contributed by atoms with E-state index in [2.05, 4.69) is 15.4 Å². The van der Waals surface area contributed by atoms with E-state index in [1.54, 1.807) is 12.4 Å². The van der Waals surface area contributed by atoms with Gasteiger partial charge in [0.2, 0.25) is 0 Å². The molecule has 0 unspecified atom stereocenters. The highest BCUT2D eigenvalue weighted by Gasteiger charge is 2.33. The molecular formula is C16H14N4OS. The van der Waals surface area contributed by atoms with Crippen molar-refractivity contribution in [3.05, 3.63) is 59.4 Å². The zero-order valence-corrected chi connectivity index (χ0v) is 12.6. The maximum atomic E-state index is 12.5. The van der Waals surface area contributed by atoms with E-state index in [1.165, 1.54) is 11.3 Å². The van der Waals surface area contributed by atoms with Crippen LogP contribution >= 0.6 is 11.3 Å². The van der Waals surface area contributed by atoms with Gasteiger partial charge < -0.3 is 0 Å². The fourth-order valence-corrected chi connectivity index (χ4v) is 3.03. The van der Waals surface area contributed by atoms with Crippen LogP contribution in [0.15, 0.2) is 48.1 Å². The van der Waals surface area contributed by atoms with Crippen molar-refractivity contribution < 1.29 is 4.79 Å². The lowest BCUT2D eigenvalue weighted by molar-refractivity contribution is 0.102. The van der Waals surface area contributed by atoms with Gasteiger partial charge in [0.25, 0.3) is 5.91 Å². The molecule has 0 radical (unpaired) electrons. The van der Waals surface area contributed by atoms with Crippen molar-refractivity contribution in [2.24, 2.45) is 0 Å². The second-order valence-corrected chi connectivity index (χ2v) is 6.15. The van der Waals surface area contributed by atoms with Gasteiger partial charge >= 0.3 is 0 Å². The van der Waals surface area contributed by atoms with Gasteiger partial charge in [-0.3, -0.25) is 10.1 Å². The molecule has 1 N–H and O–H groups in total. The molecule has 5 nitrogen and oxygen atoms in total. The average Bonchev–Trinajstić information content (AvgIpc) is 3.08. The van der Waals surface area contributed by atoms with Crippen LogP contribution in [0.2, 0.25) is 0 Å². The van der Waals surface area contributed by atoms with E-state index >= 15 is 0 Å². The lowest BCUT2D eigenvalue weighted by Gasteiger charge is -2.08. The van der Waals surface area contributed by atoms with E-state index < -0.39 is 0 Å². The Hall–Kier alpha value is -2.47. The van der Waals surface area contributed by atoms with Gasteiger partial charge in [0.05, 0.1) is 23.1 Å². The van der Waals surface area contributed by atoms with Gasteiger partial charge in [0.15, 0.2) is 5.13 Å². The molecule has 2 aromatic heterocycles. The molecule has 1 aromatic carbocycles. The van der Waals surface area contributed by atoms with Crippen LogP contribution in [0.5, 0.6) is 0 Å². The summed E-state index contributed by atoms with van der Waals surface area (Å²) in [7, 11) is 0. The highest BCUT2D eigenvalue weighted by atomic mass is 32.1. The first kappa shape index (κ1) is 13.2. The topological polar surface area (TPSA) is 59.8 Å². The third-order valence-electron chi connectivity index (χ3n) is 3.67. The Labute approximate surface area is 131 Å². The molecule has 0 spiro atoms. The summed E-state index contributed by atoms with van der Waals surface area (Å²) in [6.07, 6.45) is 5.55. The maximum absolute atomic E-state index is 12.5. The molecule has 4 rings (SSSR count). The fraction of sp³-hybridized carbons (Fsp3) is 0.188. The molecule has 1 amide bonds. The molecule has 1 fully saturated rings. The van der Waals surface area contributed by atoms with Crippen LogP contribution in [0.3, 0.4) is 0 Å². The number of nitrogens with one attached hydrogen (secondary N) is 1. The Kier molecular flexibility index (Phi) is 3.23. The van der Waals surface area contributed by atoms with Crippen molar-refractivity contribution in [1.82, 2.24) is 14.8 Å². The number of hydrogen-bond donors (Lipinski definition) is 1. The first-order valence-corrected chi connectivity index (χ1v) is 8.05. The number of para-hydroxylation sites is 1. The third-order valence-corrected chi connectivity index (χ3v) is 4.36. The van der Waals surface area contributed by atoms with E-state index in [0.717, 1.165) is 24.2 Å². The zero-order valence-electron chi connectivity index (χ0n) is 11.8. The predicted molar refractivity (Wildman–Crippen MR) is 85.6 cm³/mol. The highest BCUT2D eigenvalue weighted by Crippen LogP contribution is 2.42. The van der Waals surface area contributed by atoms with Gasteiger partial charge in [-0.2, -0.15) is 5.10 Å². The molecule has 1 aliphatic rings.